The summed E-state index contributed by atoms with van der Waals surface area (Å²) in [6.07, 6.45) is 3.48. The van der Waals surface area contributed by atoms with Crippen LogP contribution in [-0.2, 0) is 4.79 Å². The average molecular weight is 230 g/mol. The van der Waals surface area contributed by atoms with Gasteiger partial charge in [-0.25, -0.2) is 0 Å². The number of carbonyl (C=O) groups is 1. The molecule has 1 fully saturated rings. The fraction of sp³-hybridized carbons (Fsp3) is 0.625. The van der Waals surface area contributed by atoms with Gasteiger partial charge in [0.1, 0.15) is 10.3 Å². The van der Waals surface area contributed by atoms with Gasteiger partial charge in [0.2, 0.25) is 0 Å². The topological polar surface area (TPSA) is 63.1 Å². The zero-order valence-corrected chi connectivity index (χ0v) is 9.11. The van der Waals surface area contributed by atoms with E-state index in [1.807, 2.05) is 0 Å². The first-order valence-corrected chi connectivity index (χ1v) is 6.11. The fourth-order valence-corrected chi connectivity index (χ4v) is 3.76. The molecule has 0 aliphatic heterocycles. The third kappa shape index (κ3) is 1.76. The average Bonchev–Trinajstić information content (AvgIpc) is 2.76. The van der Waals surface area contributed by atoms with Crippen molar-refractivity contribution in [3.8, 4) is 0 Å². The van der Waals surface area contributed by atoms with Gasteiger partial charge in [0.05, 0.1) is 0 Å². The van der Waals surface area contributed by atoms with E-state index >= 15 is 0 Å². The van der Waals surface area contributed by atoms with E-state index < -0.39 is 10.7 Å². The molecular weight excluding hydrogens is 220 g/mol. The van der Waals surface area contributed by atoms with Crippen molar-refractivity contribution in [2.24, 2.45) is 0 Å². The monoisotopic (exact) mass is 230 g/mol. The second kappa shape index (κ2) is 3.86. The van der Waals surface area contributed by atoms with E-state index in [0.29, 0.717) is 0 Å². The molecule has 1 heterocycles. The van der Waals surface area contributed by atoms with E-state index in [2.05, 4.69) is 10.2 Å². The largest absolute Gasteiger partial charge is 0.480 e. The highest BCUT2D eigenvalue weighted by atomic mass is 32.2. The van der Waals surface area contributed by atoms with Crippen LogP contribution in [0.25, 0.3) is 0 Å². The van der Waals surface area contributed by atoms with E-state index in [1.54, 1.807) is 5.51 Å². The Morgan fingerprint density at radius 3 is 2.79 bits per heavy atom. The number of carboxylic acids is 1. The summed E-state index contributed by atoms with van der Waals surface area (Å²) in [4.78, 5) is 11.2. The number of hydrogen-bond acceptors (Lipinski definition) is 5. The maximum absolute atomic E-state index is 11.2. The maximum Gasteiger partial charge on any atom is 0.320 e. The second-order valence-electron chi connectivity index (χ2n) is 3.31. The minimum Gasteiger partial charge on any atom is -0.480 e. The number of nitrogens with zero attached hydrogens (tertiary/aromatic N) is 2. The Balaban J connectivity index is 2.16. The van der Waals surface area contributed by atoms with Gasteiger partial charge < -0.3 is 5.11 Å². The molecule has 6 heteroatoms. The minimum atomic E-state index is -0.713. The molecule has 76 valence electrons. The van der Waals surface area contributed by atoms with Crippen LogP contribution in [0, 0.1) is 0 Å². The van der Waals surface area contributed by atoms with Gasteiger partial charge in [0.25, 0.3) is 0 Å². The molecule has 1 aliphatic carbocycles. The van der Waals surface area contributed by atoms with E-state index in [0.717, 1.165) is 30.0 Å². The van der Waals surface area contributed by atoms with Gasteiger partial charge in [0, 0.05) is 0 Å². The molecule has 0 spiro atoms. The van der Waals surface area contributed by atoms with Gasteiger partial charge in [-0.2, -0.15) is 0 Å². The van der Waals surface area contributed by atoms with Crippen molar-refractivity contribution < 1.29 is 9.90 Å². The molecule has 1 aromatic rings. The molecule has 1 aliphatic rings. The molecule has 0 radical (unpaired) electrons. The first kappa shape index (κ1) is 9.92. The lowest BCUT2D eigenvalue weighted by Gasteiger charge is -2.20. The second-order valence-corrected chi connectivity index (χ2v) is 5.78. The number of aliphatic carboxylic acids is 1. The Bertz CT molecular complexity index is 320. The smallest absolute Gasteiger partial charge is 0.320 e. The zero-order valence-electron chi connectivity index (χ0n) is 7.47. The highest BCUT2D eigenvalue weighted by Crippen LogP contribution is 2.45. The molecule has 0 bridgehead atoms. The third-order valence-corrected chi connectivity index (χ3v) is 4.68. The number of thioether (sulfide) groups is 1. The van der Waals surface area contributed by atoms with Crippen molar-refractivity contribution in [1.82, 2.24) is 10.2 Å². The lowest BCUT2D eigenvalue weighted by Crippen LogP contribution is -2.31. The Hall–Kier alpha value is -0.620. The Kier molecular flexibility index (Phi) is 2.73. The molecule has 2 rings (SSSR count). The van der Waals surface area contributed by atoms with Crippen LogP contribution in [0.15, 0.2) is 9.85 Å². The van der Waals surface area contributed by atoms with Crippen molar-refractivity contribution in [1.29, 1.82) is 0 Å². The van der Waals surface area contributed by atoms with Crippen molar-refractivity contribution in [2.75, 3.05) is 0 Å². The fourth-order valence-electron chi connectivity index (χ4n) is 1.68. The Labute approximate surface area is 89.7 Å². The van der Waals surface area contributed by atoms with Crippen molar-refractivity contribution in [2.45, 2.75) is 34.8 Å². The SMILES string of the molecule is O=C(O)C1(Sc2nncs2)CCCC1. The highest BCUT2D eigenvalue weighted by molar-refractivity contribution is 8.03. The van der Waals surface area contributed by atoms with E-state index in [1.165, 1.54) is 23.1 Å². The summed E-state index contributed by atoms with van der Waals surface area (Å²) in [5.41, 5.74) is 1.63. The third-order valence-electron chi connectivity index (χ3n) is 2.42. The summed E-state index contributed by atoms with van der Waals surface area (Å²) in [5.74, 6) is -0.713. The van der Waals surface area contributed by atoms with Gasteiger partial charge >= 0.3 is 5.97 Å². The summed E-state index contributed by atoms with van der Waals surface area (Å²) >= 11 is 2.76. The molecule has 1 aromatic heterocycles. The molecular formula is C8H10N2O2S2. The first-order chi connectivity index (χ1) is 6.73. The molecule has 0 aromatic carbocycles. The first-order valence-electron chi connectivity index (χ1n) is 4.41. The van der Waals surface area contributed by atoms with Crippen LogP contribution in [0.4, 0.5) is 0 Å². The number of carboxylic acid groups (broad SMARTS) is 1. The summed E-state index contributed by atoms with van der Waals surface area (Å²) in [5, 5.41) is 16.8. The summed E-state index contributed by atoms with van der Waals surface area (Å²) in [7, 11) is 0. The van der Waals surface area contributed by atoms with Crippen LogP contribution in [0.5, 0.6) is 0 Å². The normalized spacial score (nSPS) is 19.7. The molecule has 0 atom stereocenters. The van der Waals surface area contributed by atoms with Gasteiger partial charge in [-0.3, -0.25) is 4.79 Å². The van der Waals surface area contributed by atoms with E-state index in [9.17, 15) is 9.90 Å². The van der Waals surface area contributed by atoms with Crippen molar-refractivity contribution in [3.05, 3.63) is 5.51 Å². The van der Waals surface area contributed by atoms with Crippen molar-refractivity contribution >= 4 is 29.1 Å². The minimum absolute atomic E-state index is 0.639. The molecule has 0 saturated heterocycles. The lowest BCUT2D eigenvalue weighted by atomic mass is 10.1. The summed E-state index contributed by atoms with van der Waals surface area (Å²) in [6.45, 7) is 0. The Morgan fingerprint density at radius 1 is 1.57 bits per heavy atom. The number of rotatable bonds is 3. The molecule has 1 N–H and O–H groups in total. The van der Waals surface area contributed by atoms with Crippen molar-refractivity contribution in [3.63, 3.8) is 0 Å². The molecule has 1 saturated carbocycles. The van der Waals surface area contributed by atoms with Crippen LogP contribution in [0.2, 0.25) is 0 Å². The summed E-state index contributed by atoms with van der Waals surface area (Å²) < 4.78 is 0.119. The number of hydrogen-bond donors (Lipinski definition) is 1. The molecule has 14 heavy (non-hydrogen) atoms. The highest BCUT2D eigenvalue weighted by Gasteiger charge is 2.43. The van der Waals surface area contributed by atoms with Crippen LogP contribution >= 0.6 is 23.1 Å². The number of aromatic nitrogens is 2. The van der Waals surface area contributed by atoms with Gasteiger partial charge in [-0.1, -0.05) is 35.9 Å². The van der Waals surface area contributed by atoms with E-state index in [4.69, 9.17) is 0 Å². The molecule has 4 nitrogen and oxygen atoms in total. The van der Waals surface area contributed by atoms with Crippen LogP contribution in [0.1, 0.15) is 25.7 Å². The maximum atomic E-state index is 11.2. The lowest BCUT2D eigenvalue weighted by molar-refractivity contribution is -0.139. The standard InChI is InChI=1S/C8H10N2O2S2/c11-6(12)8(3-1-2-4-8)14-7-10-9-5-13-7/h5H,1-4H2,(H,11,12). The molecule has 0 unspecified atom stereocenters. The predicted octanol–water partition coefficient (Wildman–Crippen LogP) is 2.03. The van der Waals surface area contributed by atoms with Gasteiger partial charge in [0.15, 0.2) is 4.34 Å². The van der Waals surface area contributed by atoms with Gasteiger partial charge in [-0.15, -0.1) is 10.2 Å². The summed E-state index contributed by atoms with van der Waals surface area (Å²) in [6, 6.07) is 0. The van der Waals surface area contributed by atoms with Crippen LogP contribution < -0.4 is 0 Å². The zero-order chi connectivity index (χ0) is 10.0. The van der Waals surface area contributed by atoms with E-state index in [-0.39, 0.29) is 0 Å². The van der Waals surface area contributed by atoms with Gasteiger partial charge in [-0.05, 0) is 12.8 Å². The Morgan fingerprint density at radius 2 is 2.29 bits per heavy atom. The van der Waals surface area contributed by atoms with Crippen LogP contribution in [0.3, 0.4) is 0 Å². The molecule has 0 amide bonds. The quantitative estimate of drug-likeness (QED) is 0.860. The predicted molar refractivity (Wildman–Crippen MR) is 54.6 cm³/mol. The van der Waals surface area contributed by atoms with Crippen LogP contribution in [-0.4, -0.2) is 26.0 Å².